The average molecular weight is 264 g/mol. The number of hydrogen-bond donors (Lipinski definition) is 1. The summed E-state index contributed by atoms with van der Waals surface area (Å²) in [5, 5.41) is 3.50. The Balaban J connectivity index is 1.57. The van der Waals surface area contributed by atoms with E-state index < -0.39 is 0 Å². The van der Waals surface area contributed by atoms with Gasteiger partial charge in [0.15, 0.2) is 0 Å². The second-order valence-electron chi connectivity index (χ2n) is 5.19. The number of hydrogen-bond acceptors (Lipinski definition) is 2. The Morgan fingerprint density at radius 1 is 0.900 bits per heavy atom. The Labute approximate surface area is 120 Å². The molecular formula is C18H20N2. The molecule has 0 fully saturated rings. The Bertz CT molecular complexity index is 587. The quantitative estimate of drug-likeness (QED) is 0.905. The highest BCUT2D eigenvalue weighted by molar-refractivity contribution is 5.85. The standard InChI is InChI=1S/C18H20N2/c1-2-6-15(7-3-1)10-12-19-18-14-17-9-5-4-8-16(17)11-13-20-18/h1-9H,10-14H2,(H,19,20). The van der Waals surface area contributed by atoms with E-state index in [0.717, 1.165) is 38.2 Å². The molecule has 0 amide bonds. The SMILES string of the molecule is c1ccc(CCNC2=NCCc3ccccc3C2)cc1. The molecule has 0 radical (unpaired) electrons. The first-order valence-electron chi connectivity index (χ1n) is 7.30. The Kier molecular flexibility index (Phi) is 4.12. The number of rotatable bonds is 3. The van der Waals surface area contributed by atoms with Crippen LogP contribution in [0.1, 0.15) is 16.7 Å². The Morgan fingerprint density at radius 3 is 2.50 bits per heavy atom. The molecule has 102 valence electrons. The lowest BCUT2D eigenvalue weighted by Crippen LogP contribution is -2.27. The first-order valence-corrected chi connectivity index (χ1v) is 7.30. The van der Waals surface area contributed by atoms with E-state index in [0.29, 0.717) is 0 Å². The van der Waals surface area contributed by atoms with Crippen molar-refractivity contribution in [2.24, 2.45) is 4.99 Å². The van der Waals surface area contributed by atoms with Crippen LogP contribution in [0.3, 0.4) is 0 Å². The van der Waals surface area contributed by atoms with Crippen molar-refractivity contribution < 1.29 is 0 Å². The molecule has 0 saturated carbocycles. The molecule has 1 N–H and O–H groups in total. The van der Waals surface area contributed by atoms with E-state index in [4.69, 9.17) is 0 Å². The van der Waals surface area contributed by atoms with Gasteiger partial charge in [0, 0.05) is 19.5 Å². The molecule has 1 aliphatic rings. The molecule has 2 heteroatoms. The van der Waals surface area contributed by atoms with Gasteiger partial charge in [0.25, 0.3) is 0 Å². The summed E-state index contributed by atoms with van der Waals surface area (Å²) in [5.41, 5.74) is 4.22. The number of nitrogens with one attached hydrogen (secondary N) is 1. The molecule has 0 aromatic heterocycles. The maximum atomic E-state index is 4.67. The van der Waals surface area contributed by atoms with Crippen molar-refractivity contribution >= 4 is 5.84 Å². The molecule has 1 heterocycles. The van der Waals surface area contributed by atoms with E-state index in [1.807, 2.05) is 0 Å². The van der Waals surface area contributed by atoms with Crippen LogP contribution in [0.2, 0.25) is 0 Å². The minimum Gasteiger partial charge on any atom is -0.373 e. The van der Waals surface area contributed by atoms with Crippen LogP contribution >= 0.6 is 0 Å². The van der Waals surface area contributed by atoms with E-state index >= 15 is 0 Å². The van der Waals surface area contributed by atoms with Crippen molar-refractivity contribution in [2.75, 3.05) is 13.1 Å². The number of benzene rings is 2. The minimum atomic E-state index is 0.894. The van der Waals surface area contributed by atoms with Gasteiger partial charge in [-0.05, 0) is 29.5 Å². The largest absolute Gasteiger partial charge is 0.373 e. The third-order valence-electron chi connectivity index (χ3n) is 3.75. The molecular weight excluding hydrogens is 244 g/mol. The average Bonchev–Trinajstić information content (AvgIpc) is 2.70. The highest BCUT2D eigenvalue weighted by Crippen LogP contribution is 2.13. The third-order valence-corrected chi connectivity index (χ3v) is 3.75. The number of amidine groups is 1. The minimum absolute atomic E-state index is 0.894. The van der Waals surface area contributed by atoms with Gasteiger partial charge in [0.1, 0.15) is 5.84 Å². The molecule has 0 spiro atoms. The molecule has 0 unspecified atom stereocenters. The second-order valence-corrected chi connectivity index (χ2v) is 5.19. The molecule has 0 saturated heterocycles. The maximum absolute atomic E-state index is 4.67. The summed E-state index contributed by atoms with van der Waals surface area (Å²) in [5.74, 6) is 1.13. The number of nitrogens with zero attached hydrogens (tertiary/aromatic N) is 1. The van der Waals surface area contributed by atoms with Crippen molar-refractivity contribution in [3.8, 4) is 0 Å². The van der Waals surface area contributed by atoms with E-state index in [1.54, 1.807) is 0 Å². The fourth-order valence-electron chi connectivity index (χ4n) is 2.64. The van der Waals surface area contributed by atoms with E-state index in [2.05, 4.69) is 64.9 Å². The van der Waals surface area contributed by atoms with Crippen molar-refractivity contribution in [3.05, 3.63) is 71.3 Å². The van der Waals surface area contributed by atoms with Crippen LogP contribution in [0, 0.1) is 0 Å². The summed E-state index contributed by atoms with van der Waals surface area (Å²) in [7, 11) is 0. The second kappa shape index (κ2) is 6.38. The van der Waals surface area contributed by atoms with Gasteiger partial charge in [-0.25, -0.2) is 0 Å². The Morgan fingerprint density at radius 2 is 1.65 bits per heavy atom. The van der Waals surface area contributed by atoms with Gasteiger partial charge in [-0.3, -0.25) is 4.99 Å². The predicted molar refractivity (Wildman–Crippen MR) is 84.3 cm³/mol. The zero-order valence-electron chi connectivity index (χ0n) is 11.7. The lowest BCUT2D eigenvalue weighted by molar-refractivity contribution is 0.846. The smallest absolute Gasteiger partial charge is 0.101 e. The summed E-state index contributed by atoms with van der Waals surface area (Å²) in [6.07, 6.45) is 3.03. The van der Waals surface area contributed by atoms with Crippen molar-refractivity contribution in [2.45, 2.75) is 19.3 Å². The van der Waals surface area contributed by atoms with Crippen molar-refractivity contribution in [1.29, 1.82) is 0 Å². The molecule has 0 aliphatic carbocycles. The van der Waals surface area contributed by atoms with Gasteiger partial charge >= 0.3 is 0 Å². The molecule has 1 aliphatic heterocycles. The van der Waals surface area contributed by atoms with Gasteiger partial charge in [-0.1, -0.05) is 54.6 Å². The van der Waals surface area contributed by atoms with Crippen LogP contribution in [0.4, 0.5) is 0 Å². The molecule has 0 atom stereocenters. The lowest BCUT2D eigenvalue weighted by Gasteiger charge is -2.09. The zero-order valence-corrected chi connectivity index (χ0v) is 11.7. The highest BCUT2D eigenvalue weighted by atomic mass is 15.0. The van der Waals surface area contributed by atoms with Gasteiger partial charge in [0.05, 0.1) is 0 Å². The van der Waals surface area contributed by atoms with Gasteiger partial charge in [-0.2, -0.15) is 0 Å². The molecule has 20 heavy (non-hydrogen) atoms. The molecule has 3 rings (SSSR count). The number of aliphatic imine (C=N–C) groups is 1. The zero-order chi connectivity index (χ0) is 13.6. The molecule has 2 nitrogen and oxygen atoms in total. The summed E-state index contributed by atoms with van der Waals surface area (Å²) in [6.45, 7) is 1.84. The van der Waals surface area contributed by atoms with Crippen molar-refractivity contribution in [1.82, 2.24) is 5.32 Å². The van der Waals surface area contributed by atoms with Crippen LogP contribution in [0.5, 0.6) is 0 Å². The van der Waals surface area contributed by atoms with Crippen LogP contribution in [-0.2, 0) is 19.3 Å². The fourth-order valence-corrected chi connectivity index (χ4v) is 2.64. The van der Waals surface area contributed by atoms with E-state index in [9.17, 15) is 0 Å². The van der Waals surface area contributed by atoms with Gasteiger partial charge in [-0.15, -0.1) is 0 Å². The summed E-state index contributed by atoms with van der Waals surface area (Å²) in [6, 6.07) is 19.3. The highest BCUT2D eigenvalue weighted by Gasteiger charge is 2.09. The first kappa shape index (κ1) is 12.9. The monoisotopic (exact) mass is 264 g/mol. The Hall–Kier alpha value is -2.09. The fraction of sp³-hybridized carbons (Fsp3) is 0.278. The van der Waals surface area contributed by atoms with E-state index in [-0.39, 0.29) is 0 Å². The third kappa shape index (κ3) is 3.27. The first-order chi connectivity index (χ1) is 9.92. The van der Waals surface area contributed by atoms with Crippen LogP contribution in [0.15, 0.2) is 59.6 Å². The van der Waals surface area contributed by atoms with Crippen molar-refractivity contribution in [3.63, 3.8) is 0 Å². The summed E-state index contributed by atoms with van der Waals surface area (Å²) in [4.78, 5) is 4.67. The predicted octanol–water partition coefficient (Wildman–Crippen LogP) is 3.02. The summed E-state index contributed by atoms with van der Waals surface area (Å²) < 4.78 is 0. The molecule has 2 aromatic carbocycles. The summed E-state index contributed by atoms with van der Waals surface area (Å²) >= 11 is 0. The number of fused-ring (bicyclic) bond motifs is 1. The maximum Gasteiger partial charge on any atom is 0.101 e. The van der Waals surface area contributed by atoms with E-state index in [1.165, 1.54) is 16.7 Å². The topological polar surface area (TPSA) is 24.4 Å². The molecule has 0 bridgehead atoms. The normalized spacial score (nSPS) is 14.1. The van der Waals surface area contributed by atoms with Gasteiger partial charge < -0.3 is 5.32 Å². The van der Waals surface area contributed by atoms with Crippen LogP contribution < -0.4 is 5.32 Å². The van der Waals surface area contributed by atoms with Crippen LogP contribution in [0.25, 0.3) is 0 Å². The van der Waals surface area contributed by atoms with Gasteiger partial charge in [0.2, 0.25) is 0 Å². The molecule has 2 aromatic rings. The lowest BCUT2D eigenvalue weighted by atomic mass is 10.0. The van der Waals surface area contributed by atoms with Crippen LogP contribution in [-0.4, -0.2) is 18.9 Å².